The van der Waals surface area contributed by atoms with Crippen molar-refractivity contribution >= 4 is 11.6 Å². The Bertz CT molecular complexity index is 613. The molecular weight excluding hydrogens is 274 g/mol. The summed E-state index contributed by atoms with van der Waals surface area (Å²) < 4.78 is 27.5. The zero-order valence-electron chi connectivity index (χ0n) is 10.5. The molecule has 0 amide bonds. The molecule has 0 aliphatic heterocycles. The SMILES string of the molecule is Cc1nn(C)c(CC(O)c2ccc(F)c(F)c2)c1Cl. The van der Waals surface area contributed by atoms with Crippen LogP contribution in [0.1, 0.15) is 23.1 Å². The highest BCUT2D eigenvalue weighted by Gasteiger charge is 2.17. The third-order valence-corrected chi connectivity index (χ3v) is 3.47. The van der Waals surface area contributed by atoms with E-state index in [1.807, 2.05) is 0 Å². The van der Waals surface area contributed by atoms with Crippen LogP contribution in [-0.2, 0) is 13.5 Å². The van der Waals surface area contributed by atoms with Crippen LogP contribution in [0.2, 0.25) is 5.02 Å². The van der Waals surface area contributed by atoms with Crippen LogP contribution < -0.4 is 0 Å². The summed E-state index contributed by atoms with van der Waals surface area (Å²) in [7, 11) is 1.71. The maximum absolute atomic E-state index is 13.1. The molecule has 6 heteroatoms. The fourth-order valence-electron chi connectivity index (χ4n) is 1.92. The molecular formula is C13H13ClF2N2O. The number of aromatic nitrogens is 2. The van der Waals surface area contributed by atoms with Crippen molar-refractivity contribution in [3.05, 3.63) is 51.8 Å². The summed E-state index contributed by atoms with van der Waals surface area (Å²) in [4.78, 5) is 0. The zero-order valence-corrected chi connectivity index (χ0v) is 11.2. The van der Waals surface area contributed by atoms with E-state index < -0.39 is 17.7 Å². The first-order valence-electron chi connectivity index (χ1n) is 5.71. The lowest BCUT2D eigenvalue weighted by Gasteiger charge is -2.12. The van der Waals surface area contributed by atoms with Crippen LogP contribution in [0.15, 0.2) is 18.2 Å². The van der Waals surface area contributed by atoms with Crippen LogP contribution in [0, 0.1) is 18.6 Å². The summed E-state index contributed by atoms with van der Waals surface area (Å²) in [6, 6.07) is 3.32. The van der Waals surface area contributed by atoms with Gasteiger partial charge in [0.25, 0.3) is 0 Å². The molecule has 0 aliphatic rings. The number of nitrogens with zero attached hydrogens (tertiary/aromatic N) is 2. The highest BCUT2D eigenvalue weighted by molar-refractivity contribution is 6.31. The van der Waals surface area contributed by atoms with Crippen LogP contribution >= 0.6 is 11.6 Å². The molecule has 1 aromatic carbocycles. The minimum absolute atomic E-state index is 0.182. The number of hydrogen-bond donors (Lipinski definition) is 1. The fraction of sp³-hybridized carbons (Fsp3) is 0.308. The number of aliphatic hydroxyl groups excluding tert-OH is 1. The lowest BCUT2D eigenvalue weighted by molar-refractivity contribution is 0.175. The van der Waals surface area contributed by atoms with E-state index in [0.29, 0.717) is 22.0 Å². The quantitative estimate of drug-likeness (QED) is 0.942. The summed E-state index contributed by atoms with van der Waals surface area (Å²) in [6.45, 7) is 1.76. The second-order valence-electron chi connectivity index (χ2n) is 4.36. The molecule has 3 nitrogen and oxygen atoms in total. The molecule has 0 radical (unpaired) electrons. The van der Waals surface area contributed by atoms with Gasteiger partial charge in [-0.25, -0.2) is 8.78 Å². The molecule has 0 fully saturated rings. The van der Waals surface area contributed by atoms with Gasteiger partial charge in [-0.3, -0.25) is 4.68 Å². The van der Waals surface area contributed by atoms with Gasteiger partial charge in [0.2, 0.25) is 0 Å². The highest BCUT2D eigenvalue weighted by Crippen LogP contribution is 2.26. The predicted molar refractivity (Wildman–Crippen MR) is 68.0 cm³/mol. The molecule has 0 bridgehead atoms. The molecule has 19 heavy (non-hydrogen) atoms. The van der Waals surface area contributed by atoms with Gasteiger partial charge in [-0.15, -0.1) is 0 Å². The molecule has 102 valence electrons. The second-order valence-corrected chi connectivity index (χ2v) is 4.74. The summed E-state index contributed by atoms with van der Waals surface area (Å²) in [5, 5.41) is 14.7. The van der Waals surface area contributed by atoms with Crippen LogP contribution in [0.4, 0.5) is 8.78 Å². The van der Waals surface area contributed by atoms with Gasteiger partial charge in [0.05, 0.1) is 22.5 Å². The minimum Gasteiger partial charge on any atom is -0.388 e. The van der Waals surface area contributed by atoms with Crippen LogP contribution in [0.3, 0.4) is 0 Å². The van der Waals surface area contributed by atoms with E-state index in [0.717, 1.165) is 12.1 Å². The zero-order chi connectivity index (χ0) is 14.2. The maximum atomic E-state index is 13.1. The van der Waals surface area contributed by atoms with Crippen molar-refractivity contribution in [1.29, 1.82) is 0 Å². The van der Waals surface area contributed by atoms with Gasteiger partial charge in [0.1, 0.15) is 0 Å². The smallest absolute Gasteiger partial charge is 0.159 e. The van der Waals surface area contributed by atoms with Crippen molar-refractivity contribution in [3.63, 3.8) is 0 Å². The van der Waals surface area contributed by atoms with Crippen LogP contribution in [-0.4, -0.2) is 14.9 Å². The molecule has 1 unspecified atom stereocenters. The van der Waals surface area contributed by atoms with Gasteiger partial charge < -0.3 is 5.11 Å². The molecule has 2 rings (SSSR count). The molecule has 0 saturated carbocycles. The molecule has 1 heterocycles. The first-order chi connectivity index (χ1) is 8.90. The molecule has 0 spiro atoms. The van der Waals surface area contributed by atoms with Gasteiger partial charge in [0.15, 0.2) is 11.6 Å². The van der Waals surface area contributed by atoms with E-state index in [-0.39, 0.29) is 6.42 Å². The summed E-state index contributed by atoms with van der Waals surface area (Å²) in [5.41, 5.74) is 1.61. The second kappa shape index (κ2) is 5.27. The number of halogens is 3. The van der Waals surface area contributed by atoms with Gasteiger partial charge in [-0.1, -0.05) is 17.7 Å². The van der Waals surface area contributed by atoms with Gasteiger partial charge in [0, 0.05) is 13.5 Å². The Kier molecular flexibility index (Phi) is 3.87. The number of aryl methyl sites for hydroxylation is 2. The van der Waals surface area contributed by atoms with Gasteiger partial charge in [-0.2, -0.15) is 5.10 Å². The summed E-state index contributed by atoms with van der Waals surface area (Å²) in [5.74, 6) is -1.92. The Labute approximate surface area is 114 Å². The summed E-state index contributed by atoms with van der Waals surface area (Å²) >= 11 is 6.07. The lowest BCUT2D eigenvalue weighted by Crippen LogP contribution is -2.07. The van der Waals surface area contributed by atoms with Crippen molar-refractivity contribution in [2.75, 3.05) is 0 Å². The lowest BCUT2D eigenvalue weighted by atomic mass is 10.0. The predicted octanol–water partition coefficient (Wildman–Crippen LogP) is 2.94. The molecule has 1 N–H and O–H groups in total. The summed E-state index contributed by atoms with van der Waals surface area (Å²) in [6.07, 6.45) is -0.788. The van der Waals surface area contributed by atoms with E-state index in [4.69, 9.17) is 11.6 Å². The molecule has 1 atom stereocenters. The van der Waals surface area contributed by atoms with Crippen molar-refractivity contribution in [2.24, 2.45) is 7.05 Å². The standard InChI is InChI=1S/C13H13ClF2N2O/c1-7-13(14)11(18(2)17-7)6-12(19)8-3-4-9(15)10(16)5-8/h3-5,12,19H,6H2,1-2H3. The van der Waals surface area contributed by atoms with Crippen LogP contribution in [0.5, 0.6) is 0 Å². The number of hydrogen-bond acceptors (Lipinski definition) is 2. The van der Waals surface area contributed by atoms with Crippen molar-refractivity contribution in [1.82, 2.24) is 9.78 Å². The van der Waals surface area contributed by atoms with Crippen molar-refractivity contribution in [2.45, 2.75) is 19.4 Å². The van der Waals surface area contributed by atoms with Crippen molar-refractivity contribution < 1.29 is 13.9 Å². The highest BCUT2D eigenvalue weighted by atomic mass is 35.5. The Morgan fingerprint density at radius 2 is 2.05 bits per heavy atom. The average Bonchev–Trinajstić information content (AvgIpc) is 2.59. The minimum atomic E-state index is -0.983. The molecule has 0 aliphatic carbocycles. The van der Waals surface area contributed by atoms with Gasteiger partial charge >= 0.3 is 0 Å². The van der Waals surface area contributed by atoms with E-state index >= 15 is 0 Å². The van der Waals surface area contributed by atoms with E-state index in [9.17, 15) is 13.9 Å². The van der Waals surface area contributed by atoms with E-state index in [1.165, 1.54) is 6.07 Å². The normalized spacial score (nSPS) is 12.7. The Morgan fingerprint density at radius 1 is 1.37 bits per heavy atom. The maximum Gasteiger partial charge on any atom is 0.159 e. The third kappa shape index (κ3) is 2.77. The average molecular weight is 287 g/mol. The molecule has 0 saturated heterocycles. The van der Waals surface area contributed by atoms with Gasteiger partial charge in [-0.05, 0) is 24.6 Å². The topological polar surface area (TPSA) is 38.0 Å². The number of rotatable bonds is 3. The van der Waals surface area contributed by atoms with Crippen LogP contribution in [0.25, 0.3) is 0 Å². The largest absolute Gasteiger partial charge is 0.388 e. The Hall–Kier alpha value is -1.46. The number of benzene rings is 1. The molecule has 1 aromatic heterocycles. The fourth-order valence-corrected chi connectivity index (χ4v) is 2.16. The monoisotopic (exact) mass is 286 g/mol. The van der Waals surface area contributed by atoms with Crippen molar-refractivity contribution in [3.8, 4) is 0 Å². The van der Waals surface area contributed by atoms with E-state index in [2.05, 4.69) is 5.10 Å². The number of aliphatic hydroxyl groups is 1. The Morgan fingerprint density at radius 3 is 2.58 bits per heavy atom. The first-order valence-corrected chi connectivity index (χ1v) is 6.09. The Balaban J connectivity index is 2.25. The molecule has 2 aromatic rings. The first kappa shape index (κ1) is 14.0. The van der Waals surface area contributed by atoms with E-state index in [1.54, 1.807) is 18.7 Å². The third-order valence-electron chi connectivity index (χ3n) is 2.98.